The topological polar surface area (TPSA) is 104 Å². The maximum atomic E-state index is 9.22. The third-order valence-corrected chi connectivity index (χ3v) is 0. The van der Waals surface area contributed by atoms with Gasteiger partial charge in [0.2, 0.25) is 5.91 Å². The molecule has 1 amide bonds. The van der Waals surface area contributed by atoms with E-state index >= 15 is 0 Å². The minimum atomic E-state index is -0.833. The zero-order valence-corrected chi connectivity index (χ0v) is 6.79. The molecule has 0 heterocycles. The summed E-state index contributed by atoms with van der Waals surface area (Å²) in [6.45, 7) is 3.82. The molecule has 0 saturated heterocycles. The lowest BCUT2D eigenvalue weighted by Crippen LogP contribution is -2.01. The van der Waals surface area contributed by atoms with Crippen molar-refractivity contribution in [2.45, 2.75) is 43.1 Å². The van der Waals surface area contributed by atoms with Gasteiger partial charge < -0.3 is 10.8 Å². The number of nitriles is 1. The highest BCUT2D eigenvalue weighted by atomic mass is 16.4. The van der Waals surface area contributed by atoms with E-state index in [0.29, 0.717) is 0 Å². The van der Waals surface area contributed by atoms with Gasteiger partial charge in [0.25, 0.3) is 5.97 Å². The average molecular weight is 208 g/mol. The minimum Gasteiger partial charge on any atom is -0.481 e. The maximum absolute atomic E-state index is 9.22. The quantitative estimate of drug-likeness (QED) is 0.635. The van der Waals surface area contributed by atoms with Gasteiger partial charge in [0.05, 0.1) is 6.07 Å². The Bertz CT molecular complexity index is 131. The molecule has 0 aliphatic carbocycles. The predicted octanol–water partition coefficient (Wildman–Crippen LogP) is 2.02. The Kier molecular flexibility index (Phi) is 118. The number of nitrogens with two attached hydrogens (primary N) is 1. The number of aliphatic carboxylic acids is 1. The fraction of sp³-hybridized carbons (Fsp3) is 0.667. The van der Waals surface area contributed by atoms with Crippen LogP contribution in [0, 0.1) is 11.3 Å². The van der Waals surface area contributed by atoms with E-state index in [4.69, 9.17) is 15.2 Å². The van der Waals surface area contributed by atoms with E-state index in [1.54, 1.807) is 6.07 Å². The fourth-order valence-corrected chi connectivity index (χ4v) is 0. The first kappa shape index (κ1) is 39.3. The van der Waals surface area contributed by atoms with Crippen LogP contribution in [0.1, 0.15) is 43.1 Å². The largest absolute Gasteiger partial charge is 0.481 e. The summed E-state index contributed by atoms with van der Waals surface area (Å²) in [5, 5.41) is 14.7. The lowest BCUT2D eigenvalue weighted by Gasteiger charge is -1.60. The zero-order chi connectivity index (χ0) is 9.86. The summed E-state index contributed by atoms with van der Waals surface area (Å²) in [7, 11) is 0. The molecule has 5 nitrogen and oxygen atoms in total. The molecule has 0 bridgehead atoms. The summed E-state index contributed by atoms with van der Waals surface area (Å²) in [6.07, 6.45) is 0. The van der Waals surface area contributed by atoms with Gasteiger partial charge in [-0.15, -0.1) is 0 Å². The second-order valence-corrected chi connectivity index (χ2v) is 1.35. The van der Waals surface area contributed by atoms with E-state index in [-0.39, 0.29) is 28.2 Å². The van der Waals surface area contributed by atoms with Crippen LogP contribution in [0.25, 0.3) is 0 Å². The standard InChI is InChI=1S/C2H5NO.C2H3N.C2H4O2.3CH4/c1-2(3)4;1-2-3;1-2(3)4;;;/h1H3,(H2,3,4);1H3;1H3,(H,3,4);3*1H4. The van der Waals surface area contributed by atoms with Crippen LogP contribution in [0.4, 0.5) is 0 Å². The van der Waals surface area contributed by atoms with E-state index in [2.05, 4.69) is 5.73 Å². The van der Waals surface area contributed by atoms with Crippen molar-refractivity contribution < 1.29 is 14.7 Å². The molecule has 0 spiro atoms. The van der Waals surface area contributed by atoms with Crippen molar-refractivity contribution in [1.82, 2.24) is 0 Å². The number of rotatable bonds is 0. The molecule has 0 aliphatic rings. The van der Waals surface area contributed by atoms with Crippen LogP contribution in [-0.2, 0) is 9.59 Å². The van der Waals surface area contributed by atoms with E-state index < -0.39 is 5.97 Å². The van der Waals surface area contributed by atoms with Crippen LogP contribution in [-0.4, -0.2) is 17.0 Å². The van der Waals surface area contributed by atoms with Crippen LogP contribution in [0.5, 0.6) is 0 Å². The second kappa shape index (κ2) is 42.2. The van der Waals surface area contributed by atoms with Crippen molar-refractivity contribution in [2.24, 2.45) is 5.73 Å². The van der Waals surface area contributed by atoms with Gasteiger partial charge in [-0.3, -0.25) is 9.59 Å². The Morgan fingerprint density at radius 1 is 1.21 bits per heavy atom. The number of primary amides is 1. The first-order valence-electron chi connectivity index (χ1n) is 2.64. The van der Waals surface area contributed by atoms with Crippen LogP contribution in [0.15, 0.2) is 0 Å². The summed E-state index contributed by atoms with van der Waals surface area (Å²) in [6, 6.07) is 1.75. The Balaban J connectivity index is -0.0000000156. The van der Waals surface area contributed by atoms with E-state index in [0.717, 1.165) is 6.92 Å². The fourth-order valence-electron chi connectivity index (χ4n) is 0. The van der Waals surface area contributed by atoms with Gasteiger partial charge in [-0.2, -0.15) is 5.26 Å². The smallest absolute Gasteiger partial charge is 0.300 e. The summed E-state index contributed by atoms with van der Waals surface area (Å²) < 4.78 is 0. The van der Waals surface area contributed by atoms with Crippen molar-refractivity contribution >= 4 is 11.9 Å². The second-order valence-electron chi connectivity index (χ2n) is 1.35. The van der Waals surface area contributed by atoms with Crippen LogP contribution < -0.4 is 5.73 Å². The van der Waals surface area contributed by atoms with Crippen molar-refractivity contribution in [1.29, 1.82) is 5.26 Å². The molecule has 0 unspecified atom stereocenters. The van der Waals surface area contributed by atoms with Crippen LogP contribution in [0.3, 0.4) is 0 Å². The number of hydrogen-bond donors (Lipinski definition) is 2. The highest BCUT2D eigenvalue weighted by Gasteiger charge is 1.65. The first-order valence-corrected chi connectivity index (χ1v) is 2.64. The van der Waals surface area contributed by atoms with Crippen molar-refractivity contribution in [3.8, 4) is 6.07 Å². The van der Waals surface area contributed by atoms with Gasteiger partial charge in [-0.05, 0) is 0 Å². The number of carbonyl (C=O) groups is 2. The molecular weight excluding hydrogens is 184 g/mol. The Hall–Kier alpha value is -1.57. The number of hydrogen-bond acceptors (Lipinski definition) is 3. The van der Waals surface area contributed by atoms with Gasteiger partial charge in [-0.1, -0.05) is 22.3 Å². The molecule has 0 fully saturated rings. The predicted molar refractivity (Wildman–Crippen MR) is 59.7 cm³/mol. The van der Waals surface area contributed by atoms with Crippen LogP contribution >= 0.6 is 0 Å². The molecule has 3 N–H and O–H groups in total. The monoisotopic (exact) mass is 208 g/mol. The summed E-state index contributed by atoms with van der Waals surface area (Å²) in [5.74, 6) is -1.17. The van der Waals surface area contributed by atoms with E-state index in [9.17, 15) is 4.79 Å². The number of carbonyl (C=O) groups excluding carboxylic acids is 1. The third-order valence-electron chi connectivity index (χ3n) is 0. The normalized spacial score (nSPS) is 4.14. The van der Waals surface area contributed by atoms with Crippen LogP contribution in [0.2, 0.25) is 0 Å². The molecule has 0 aliphatic heterocycles. The highest BCUT2D eigenvalue weighted by molar-refractivity contribution is 5.70. The molecule has 0 atom stereocenters. The summed E-state index contributed by atoms with van der Waals surface area (Å²) in [4.78, 5) is 18.2. The first-order chi connectivity index (χ1) is 4.88. The van der Waals surface area contributed by atoms with E-state index in [1.165, 1.54) is 13.8 Å². The molecule has 0 aromatic rings. The molecule has 0 saturated carbocycles. The molecule has 0 radical (unpaired) electrons. The average Bonchev–Trinajstić information content (AvgIpc) is 1.60. The SMILES string of the molecule is C.C.C.CC#N.CC(=O)O.CC(N)=O. The van der Waals surface area contributed by atoms with E-state index in [1.807, 2.05) is 0 Å². The number of carboxylic acids is 1. The van der Waals surface area contributed by atoms with Gasteiger partial charge in [0.15, 0.2) is 0 Å². The maximum Gasteiger partial charge on any atom is 0.300 e. The van der Waals surface area contributed by atoms with Crippen molar-refractivity contribution in [3.05, 3.63) is 0 Å². The lowest BCUT2D eigenvalue weighted by atomic mass is 10.8. The summed E-state index contributed by atoms with van der Waals surface area (Å²) in [5.41, 5.74) is 4.47. The zero-order valence-electron chi connectivity index (χ0n) is 6.79. The van der Waals surface area contributed by atoms with Gasteiger partial charge >= 0.3 is 0 Å². The highest BCUT2D eigenvalue weighted by Crippen LogP contribution is 1.42. The molecule has 88 valence electrons. The van der Waals surface area contributed by atoms with Crippen molar-refractivity contribution in [3.63, 3.8) is 0 Å². The van der Waals surface area contributed by atoms with Crippen molar-refractivity contribution in [2.75, 3.05) is 0 Å². The number of carboxylic acid groups (broad SMARTS) is 1. The molecular formula is C9H24N2O3. The molecule has 0 rings (SSSR count). The molecule has 0 aromatic heterocycles. The minimum absolute atomic E-state index is 0. The summed E-state index contributed by atoms with van der Waals surface area (Å²) >= 11 is 0. The Labute approximate surface area is 87.5 Å². The van der Waals surface area contributed by atoms with Gasteiger partial charge in [0, 0.05) is 20.8 Å². The molecule has 14 heavy (non-hydrogen) atoms. The van der Waals surface area contributed by atoms with Gasteiger partial charge in [-0.25, -0.2) is 0 Å². The number of amides is 1. The molecule has 0 aromatic carbocycles. The lowest BCUT2D eigenvalue weighted by molar-refractivity contribution is -0.134. The Morgan fingerprint density at radius 3 is 1.21 bits per heavy atom. The molecule has 5 heteroatoms. The Morgan fingerprint density at radius 2 is 1.21 bits per heavy atom. The third kappa shape index (κ3) is 376. The van der Waals surface area contributed by atoms with Gasteiger partial charge in [0.1, 0.15) is 0 Å². The number of nitrogens with zero attached hydrogens (tertiary/aromatic N) is 1.